The van der Waals surface area contributed by atoms with Gasteiger partial charge in [0.05, 0.1) is 0 Å². The second-order valence-electron chi connectivity index (χ2n) is 7.41. The van der Waals surface area contributed by atoms with E-state index in [1.54, 1.807) is 0 Å². The summed E-state index contributed by atoms with van der Waals surface area (Å²) in [6, 6.07) is 1.56. The fourth-order valence-electron chi connectivity index (χ4n) is 4.20. The van der Waals surface area contributed by atoms with Crippen molar-refractivity contribution < 1.29 is 5.11 Å². The first kappa shape index (κ1) is 14.8. The summed E-state index contributed by atoms with van der Waals surface area (Å²) in [4.78, 5) is 2.78. The molecule has 0 spiro atoms. The zero-order valence-corrected chi connectivity index (χ0v) is 12.9. The normalized spacial score (nSPS) is 32.9. The second kappa shape index (κ2) is 7.24. The maximum Gasteiger partial charge on any atom is 0.0431 e. The Hall–Kier alpha value is -0.120. The Morgan fingerprint density at radius 3 is 2.50 bits per heavy atom. The van der Waals surface area contributed by atoms with Crippen molar-refractivity contribution in [1.82, 2.24) is 10.2 Å². The van der Waals surface area contributed by atoms with Crippen molar-refractivity contribution in [3.8, 4) is 0 Å². The van der Waals surface area contributed by atoms with Gasteiger partial charge in [0.2, 0.25) is 0 Å². The predicted molar refractivity (Wildman–Crippen MR) is 82.8 cm³/mol. The molecule has 0 radical (unpaired) electrons. The molecule has 3 fully saturated rings. The van der Waals surface area contributed by atoms with Gasteiger partial charge in [-0.15, -0.1) is 0 Å². The van der Waals surface area contributed by atoms with E-state index in [9.17, 15) is 0 Å². The number of aliphatic hydroxyl groups excluding tert-OH is 1. The average molecular weight is 280 g/mol. The van der Waals surface area contributed by atoms with Crippen LogP contribution in [0.3, 0.4) is 0 Å². The minimum absolute atomic E-state index is 0.361. The van der Waals surface area contributed by atoms with Crippen LogP contribution in [0.4, 0.5) is 0 Å². The van der Waals surface area contributed by atoms with E-state index in [-0.39, 0.29) is 0 Å². The number of hydrogen-bond acceptors (Lipinski definition) is 3. The first-order valence-corrected chi connectivity index (χ1v) is 8.93. The average Bonchev–Trinajstić information content (AvgIpc) is 3.14. The molecule has 1 aliphatic heterocycles. The Balaban J connectivity index is 1.51. The molecule has 3 heteroatoms. The molecule has 0 aromatic heterocycles. The first-order chi connectivity index (χ1) is 9.85. The Morgan fingerprint density at radius 2 is 1.80 bits per heavy atom. The molecule has 3 nitrogen and oxygen atoms in total. The number of nitrogens with one attached hydrogen (secondary N) is 1. The van der Waals surface area contributed by atoms with Crippen molar-refractivity contribution in [1.29, 1.82) is 0 Å². The van der Waals surface area contributed by atoms with E-state index < -0.39 is 0 Å². The van der Waals surface area contributed by atoms with E-state index in [0.717, 1.165) is 24.3 Å². The van der Waals surface area contributed by atoms with Gasteiger partial charge in [-0.1, -0.05) is 12.8 Å². The molecular weight excluding hydrogens is 248 g/mol. The van der Waals surface area contributed by atoms with E-state index in [1.165, 1.54) is 71.0 Å². The molecule has 0 amide bonds. The first-order valence-electron chi connectivity index (χ1n) is 8.93. The van der Waals surface area contributed by atoms with Gasteiger partial charge in [0.15, 0.2) is 0 Å². The van der Waals surface area contributed by atoms with Crippen LogP contribution in [-0.2, 0) is 0 Å². The van der Waals surface area contributed by atoms with Crippen LogP contribution in [-0.4, -0.2) is 48.3 Å². The van der Waals surface area contributed by atoms with Gasteiger partial charge in [0.1, 0.15) is 0 Å². The Morgan fingerprint density at radius 1 is 1.00 bits per heavy atom. The number of aliphatic hydroxyl groups is 1. The fourth-order valence-corrected chi connectivity index (χ4v) is 4.20. The minimum Gasteiger partial charge on any atom is -0.396 e. The summed E-state index contributed by atoms with van der Waals surface area (Å²) in [7, 11) is 0. The monoisotopic (exact) mass is 280 g/mol. The molecule has 2 atom stereocenters. The lowest BCUT2D eigenvalue weighted by molar-refractivity contribution is 0.0914. The van der Waals surface area contributed by atoms with Gasteiger partial charge < -0.3 is 10.4 Å². The van der Waals surface area contributed by atoms with Gasteiger partial charge in [-0.2, -0.15) is 0 Å². The van der Waals surface area contributed by atoms with Crippen LogP contribution in [0.5, 0.6) is 0 Å². The van der Waals surface area contributed by atoms with E-state index >= 15 is 0 Å². The molecular formula is C17H32N2O. The summed E-state index contributed by atoms with van der Waals surface area (Å²) < 4.78 is 0. The Kier molecular flexibility index (Phi) is 5.36. The maximum atomic E-state index is 9.10. The maximum absolute atomic E-state index is 9.10. The van der Waals surface area contributed by atoms with E-state index in [2.05, 4.69) is 10.2 Å². The quantitative estimate of drug-likeness (QED) is 0.751. The zero-order valence-electron chi connectivity index (χ0n) is 12.9. The highest BCUT2D eigenvalue weighted by molar-refractivity contribution is 4.89. The zero-order chi connectivity index (χ0) is 13.8. The van der Waals surface area contributed by atoms with Crippen LogP contribution in [0.25, 0.3) is 0 Å². The van der Waals surface area contributed by atoms with Crippen molar-refractivity contribution in [2.75, 3.05) is 26.2 Å². The number of piperidine rings is 1. The third-order valence-corrected chi connectivity index (χ3v) is 5.57. The van der Waals surface area contributed by atoms with Crippen LogP contribution in [0.1, 0.15) is 57.8 Å². The smallest absolute Gasteiger partial charge is 0.0431 e. The molecule has 0 aromatic rings. The van der Waals surface area contributed by atoms with Crippen molar-refractivity contribution in [2.45, 2.75) is 69.9 Å². The van der Waals surface area contributed by atoms with E-state index in [1.807, 2.05) is 0 Å². The number of hydrogen-bond donors (Lipinski definition) is 2. The van der Waals surface area contributed by atoms with E-state index in [4.69, 9.17) is 5.11 Å². The molecule has 2 aliphatic carbocycles. The summed E-state index contributed by atoms with van der Waals surface area (Å²) >= 11 is 0. The highest BCUT2D eigenvalue weighted by Gasteiger charge is 2.33. The van der Waals surface area contributed by atoms with Crippen molar-refractivity contribution in [3.63, 3.8) is 0 Å². The van der Waals surface area contributed by atoms with Gasteiger partial charge in [0.25, 0.3) is 0 Å². The molecule has 1 saturated heterocycles. The summed E-state index contributed by atoms with van der Waals surface area (Å²) in [5, 5.41) is 12.9. The standard InChI is InChI=1S/C17H32N2O/c20-9-3-4-15-10-16(18-11-14-7-8-14)13-19(12-15)17-5-1-2-6-17/h14-18,20H,1-13H2. The molecule has 116 valence electrons. The summed E-state index contributed by atoms with van der Waals surface area (Å²) in [6.07, 6.45) is 12.1. The highest BCUT2D eigenvalue weighted by atomic mass is 16.2. The summed E-state index contributed by atoms with van der Waals surface area (Å²) in [5.74, 6) is 1.78. The molecule has 0 aromatic carbocycles. The number of likely N-dealkylation sites (tertiary alicyclic amines) is 1. The molecule has 1 heterocycles. The lowest BCUT2D eigenvalue weighted by Crippen LogP contribution is -2.52. The third-order valence-electron chi connectivity index (χ3n) is 5.57. The van der Waals surface area contributed by atoms with Crippen LogP contribution < -0.4 is 5.32 Å². The van der Waals surface area contributed by atoms with Crippen molar-refractivity contribution in [3.05, 3.63) is 0 Å². The van der Waals surface area contributed by atoms with Gasteiger partial charge in [-0.05, 0) is 63.3 Å². The van der Waals surface area contributed by atoms with Gasteiger partial charge in [-0.25, -0.2) is 0 Å². The Bertz CT molecular complexity index is 287. The van der Waals surface area contributed by atoms with Crippen LogP contribution in [0.2, 0.25) is 0 Å². The summed E-state index contributed by atoms with van der Waals surface area (Å²) in [6.45, 7) is 4.16. The highest BCUT2D eigenvalue weighted by Crippen LogP contribution is 2.31. The molecule has 2 N–H and O–H groups in total. The van der Waals surface area contributed by atoms with Crippen molar-refractivity contribution >= 4 is 0 Å². The fraction of sp³-hybridized carbons (Fsp3) is 1.00. The predicted octanol–water partition coefficient (Wildman–Crippen LogP) is 2.39. The lowest BCUT2D eigenvalue weighted by atomic mass is 9.89. The van der Waals surface area contributed by atoms with Crippen molar-refractivity contribution in [2.24, 2.45) is 11.8 Å². The van der Waals surface area contributed by atoms with Gasteiger partial charge >= 0.3 is 0 Å². The van der Waals surface area contributed by atoms with Crippen LogP contribution >= 0.6 is 0 Å². The van der Waals surface area contributed by atoms with E-state index in [0.29, 0.717) is 12.6 Å². The summed E-state index contributed by atoms with van der Waals surface area (Å²) in [5.41, 5.74) is 0. The molecule has 3 aliphatic rings. The third kappa shape index (κ3) is 4.19. The SMILES string of the molecule is OCCCC1CC(NCC2CC2)CN(C2CCCC2)C1. The molecule has 0 bridgehead atoms. The van der Waals surface area contributed by atoms with Gasteiger partial charge in [0, 0.05) is 31.8 Å². The number of nitrogens with zero attached hydrogens (tertiary/aromatic N) is 1. The lowest BCUT2D eigenvalue weighted by Gasteiger charge is -2.41. The molecule has 20 heavy (non-hydrogen) atoms. The van der Waals surface area contributed by atoms with Crippen LogP contribution in [0, 0.1) is 11.8 Å². The minimum atomic E-state index is 0.361. The Labute approximate surface area is 124 Å². The van der Waals surface area contributed by atoms with Crippen LogP contribution in [0.15, 0.2) is 0 Å². The molecule has 2 saturated carbocycles. The molecule has 2 unspecified atom stereocenters. The number of rotatable bonds is 7. The second-order valence-corrected chi connectivity index (χ2v) is 7.41. The topological polar surface area (TPSA) is 35.5 Å². The largest absolute Gasteiger partial charge is 0.396 e. The molecule has 3 rings (SSSR count). The van der Waals surface area contributed by atoms with Gasteiger partial charge in [-0.3, -0.25) is 4.90 Å².